The summed E-state index contributed by atoms with van der Waals surface area (Å²) in [6.45, 7) is 1.98. The standard InChI is InChI=1S/C17H14NO.ClHO4/c1-13-12-16(14-8-4-2-5-9-14)19-17(18-13)15-10-6-3-7-11-15;2-1(3,4)5/h2-12H,1H3;(H,2,3,4,5)/q+1;/p-1. The first-order valence-electron chi connectivity index (χ1n) is 6.87. The summed E-state index contributed by atoms with van der Waals surface area (Å²) in [4.78, 5) is 4.46. The number of aryl methyl sites for hydroxylation is 1. The lowest BCUT2D eigenvalue weighted by atomic mass is 10.1. The molecule has 1 heterocycles. The number of rotatable bonds is 2. The van der Waals surface area contributed by atoms with Gasteiger partial charge in [-0.05, 0) is 31.2 Å². The Kier molecular flexibility index (Phi) is 5.97. The minimum absolute atomic E-state index is 0.652. The van der Waals surface area contributed by atoms with Crippen LogP contribution in [0, 0.1) is 17.2 Å². The van der Waals surface area contributed by atoms with Crippen LogP contribution in [-0.4, -0.2) is 4.98 Å². The Labute approximate surface area is 141 Å². The van der Waals surface area contributed by atoms with Crippen LogP contribution in [0.4, 0.5) is 0 Å². The quantitative estimate of drug-likeness (QED) is 0.595. The predicted molar refractivity (Wildman–Crippen MR) is 76.5 cm³/mol. The van der Waals surface area contributed by atoms with Crippen LogP contribution in [-0.2, 0) is 0 Å². The lowest BCUT2D eigenvalue weighted by molar-refractivity contribution is -2.00. The van der Waals surface area contributed by atoms with E-state index in [4.69, 9.17) is 23.1 Å². The summed E-state index contributed by atoms with van der Waals surface area (Å²) in [6, 6.07) is 22.0. The summed E-state index contributed by atoms with van der Waals surface area (Å²) in [5, 5.41) is 0. The number of hydrogen-bond donors (Lipinski definition) is 0. The van der Waals surface area contributed by atoms with E-state index in [0.717, 1.165) is 22.6 Å². The van der Waals surface area contributed by atoms with E-state index in [9.17, 15) is 0 Å². The van der Waals surface area contributed by atoms with Gasteiger partial charge in [0.05, 0.1) is 17.3 Å². The van der Waals surface area contributed by atoms with E-state index in [0.29, 0.717) is 5.89 Å². The van der Waals surface area contributed by atoms with Crippen molar-refractivity contribution in [1.82, 2.24) is 4.98 Å². The monoisotopic (exact) mass is 347 g/mol. The molecule has 0 N–H and O–H groups in total. The number of benzene rings is 2. The Morgan fingerprint density at radius 3 is 1.75 bits per heavy atom. The molecule has 3 rings (SSSR count). The average Bonchev–Trinajstić information content (AvgIpc) is 2.54. The van der Waals surface area contributed by atoms with Crippen LogP contribution in [0.3, 0.4) is 0 Å². The van der Waals surface area contributed by atoms with Gasteiger partial charge in [0, 0.05) is 0 Å². The maximum atomic E-state index is 8.49. The Hall–Kier alpha value is -2.35. The van der Waals surface area contributed by atoms with E-state index in [1.54, 1.807) is 0 Å². The highest BCUT2D eigenvalue weighted by Gasteiger charge is 2.19. The smallest absolute Gasteiger partial charge is 0.222 e. The highest BCUT2D eigenvalue weighted by molar-refractivity contribution is 5.60. The first kappa shape index (κ1) is 18.0. The topological polar surface area (TPSA) is 116 Å². The fraction of sp³-hybridized carbons (Fsp3) is 0.0588. The first-order chi connectivity index (χ1) is 11.3. The van der Waals surface area contributed by atoms with E-state index >= 15 is 0 Å². The second kappa shape index (κ2) is 7.96. The molecule has 0 unspecified atom stereocenters. The maximum Gasteiger partial charge on any atom is 0.460 e. The maximum absolute atomic E-state index is 8.49. The van der Waals surface area contributed by atoms with Crippen LogP contribution in [0.1, 0.15) is 5.69 Å². The molecule has 0 amide bonds. The summed E-state index contributed by atoms with van der Waals surface area (Å²) < 4.78 is 39.9. The van der Waals surface area contributed by atoms with Crippen LogP contribution >= 0.6 is 0 Å². The van der Waals surface area contributed by atoms with Gasteiger partial charge in [-0.15, -0.1) is 10.2 Å². The van der Waals surface area contributed by atoms with Gasteiger partial charge in [0.1, 0.15) is 5.56 Å². The van der Waals surface area contributed by atoms with Crippen LogP contribution in [0.5, 0.6) is 0 Å². The van der Waals surface area contributed by atoms with Gasteiger partial charge in [-0.3, -0.25) is 0 Å². The lowest BCUT2D eigenvalue weighted by Gasteiger charge is -2.17. The molecule has 0 spiro atoms. The van der Waals surface area contributed by atoms with Crippen molar-refractivity contribution in [2.45, 2.75) is 6.92 Å². The summed E-state index contributed by atoms with van der Waals surface area (Å²) in [7, 11) is -4.94. The highest BCUT2D eigenvalue weighted by Crippen LogP contribution is 2.25. The van der Waals surface area contributed by atoms with E-state index in [1.807, 2.05) is 73.7 Å². The van der Waals surface area contributed by atoms with Gasteiger partial charge in [-0.25, -0.2) is 18.6 Å². The molecule has 0 radical (unpaired) electrons. The third-order valence-corrected chi connectivity index (χ3v) is 2.90. The van der Waals surface area contributed by atoms with Crippen molar-refractivity contribution >= 4 is 0 Å². The molecule has 0 saturated heterocycles. The van der Waals surface area contributed by atoms with E-state index in [-0.39, 0.29) is 0 Å². The summed E-state index contributed by atoms with van der Waals surface area (Å²) in [5.74, 6) is 1.49. The zero-order valence-electron chi connectivity index (χ0n) is 12.7. The normalized spacial score (nSPS) is 10.7. The van der Waals surface area contributed by atoms with Crippen molar-refractivity contribution in [3.05, 3.63) is 72.4 Å². The fourth-order valence-corrected chi connectivity index (χ4v) is 1.99. The second-order valence-corrected chi connectivity index (χ2v) is 5.53. The second-order valence-electron chi connectivity index (χ2n) is 4.78. The number of halogens is 1. The first-order valence-corrected chi connectivity index (χ1v) is 8.11. The fourth-order valence-electron chi connectivity index (χ4n) is 1.99. The summed E-state index contributed by atoms with van der Waals surface area (Å²) in [5.41, 5.74) is 3.00. The Morgan fingerprint density at radius 1 is 0.792 bits per heavy atom. The van der Waals surface area contributed by atoms with Gasteiger partial charge in [0.25, 0.3) is 0 Å². The van der Waals surface area contributed by atoms with Gasteiger partial charge in [-0.2, -0.15) is 9.40 Å². The molecular formula is C17H14ClNO5. The Bertz CT molecular complexity index is 712. The molecule has 24 heavy (non-hydrogen) atoms. The number of hydrogen-bond acceptors (Lipinski definition) is 5. The average molecular weight is 348 g/mol. The molecule has 7 heteroatoms. The minimum atomic E-state index is -4.94. The SMILES string of the molecule is Cc1cc(-c2ccccc2)[o+]c(-c2ccccc2)n1.[O-][Cl+3]([O-])([O-])[O-]. The molecule has 0 saturated carbocycles. The summed E-state index contributed by atoms with van der Waals surface area (Å²) in [6.07, 6.45) is 0. The molecular weight excluding hydrogens is 334 g/mol. The predicted octanol–water partition coefficient (Wildman–Crippen LogP) is -0.158. The van der Waals surface area contributed by atoms with E-state index in [2.05, 4.69) is 4.98 Å². The van der Waals surface area contributed by atoms with Crippen LogP contribution in [0.15, 0.2) is 71.1 Å². The van der Waals surface area contributed by atoms with Crippen molar-refractivity contribution in [2.24, 2.45) is 0 Å². The largest absolute Gasteiger partial charge is 0.460 e. The molecule has 0 aliphatic rings. The van der Waals surface area contributed by atoms with Crippen molar-refractivity contribution in [1.29, 1.82) is 0 Å². The zero-order valence-corrected chi connectivity index (χ0v) is 13.5. The molecule has 2 aromatic carbocycles. The van der Waals surface area contributed by atoms with Crippen molar-refractivity contribution in [3.8, 4) is 22.8 Å². The van der Waals surface area contributed by atoms with Crippen LogP contribution in [0.25, 0.3) is 22.8 Å². The molecule has 0 aliphatic heterocycles. The van der Waals surface area contributed by atoms with Crippen molar-refractivity contribution in [3.63, 3.8) is 0 Å². The van der Waals surface area contributed by atoms with Crippen molar-refractivity contribution < 1.29 is 33.3 Å². The lowest BCUT2D eigenvalue weighted by Crippen LogP contribution is -2.68. The highest BCUT2D eigenvalue weighted by atomic mass is 35.7. The Morgan fingerprint density at radius 2 is 1.25 bits per heavy atom. The zero-order chi connectivity index (χ0) is 17.6. The molecule has 0 fully saturated rings. The van der Waals surface area contributed by atoms with E-state index in [1.165, 1.54) is 0 Å². The van der Waals surface area contributed by atoms with Gasteiger partial charge in [-0.1, -0.05) is 36.4 Å². The minimum Gasteiger partial charge on any atom is -0.222 e. The third-order valence-electron chi connectivity index (χ3n) is 2.90. The van der Waals surface area contributed by atoms with Gasteiger partial charge < -0.3 is 0 Å². The van der Waals surface area contributed by atoms with Gasteiger partial charge in [0.15, 0.2) is 0 Å². The molecule has 0 bridgehead atoms. The Balaban J connectivity index is 0.000000368. The van der Waals surface area contributed by atoms with Crippen LogP contribution < -0.4 is 18.6 Å². The van der Waals surface area contributed by atoms with Gasteiger partial charge in [0.2, 0.25) is 0 Å². The third kappa shape index (κ3) is 6.04. The molecule has 124 valence electrons. The molecule has 6 nitrogen and oxygen atoms in total. The van der Waals surface area contributed by atoms with E-state index < -0.39 is 10.2 Å². The van der Waals surface area contributed by atoms with Crippen LogP contribution in [0.2, 0.25) is 0 Å². The van der Waals surface area contributed by atoms with Gasteiger partial charge >= 0.3 is 11.7 Å². The molecule has 0 aliphatic carbocycles. The number of nitrogens with zero attached hydrogens (tertiary/aromatic N) is 1. The molecule has 0 atom stereocenters. The number of aromatic nitrogens is 1. The summed E-state index contributed by atoms with van der Waals surface area (Å²) >= 11 is 0. The van der Waals surface area contributed by atoms with Crippen molar-refractivity contribution in [2.75, 3.05) is 0 Å². The molecule has 3 aromatic rings. The molecule has 1 aromatic heterocycles.